The van der Waals surface area contributed by atoms with E-state index >= 15 is 0 Å². The van der Waals surface area contributed by atoms with Crippen molar-refractivity contribution in [2.45, 2.75) is 13.2 Å². The molecule has 0 aromatic heterocycles. The number of ether oxygens (including phenoxy) is 6. The van der Waals surface area contributed by atoms with Crippen LogP contribution >= 0.6 is 0 Å². The van der Waals surface area contributed by atoms with Crippen LogP contribution in [0.5, 0.6) is 0 Å². The van der Waals surface area contributed by atoms with Crippen molar-refractivity contribution in [3.05, 3.63) is 59.4 Å². The molecule has 0 fully saturated rings. The molecule has 2 aliphatic rings. The predicted molar refractivity (Wildman–Crippen MR) is 86.0 cm³/mol. The molecule has 3 rings (SSSR count). The second-order valence-corrected chi connectivity index (χ2v) is 5.37. The van der Waals surface area contributed by atoms with Crippen molar-refractivity contribution in [1.29, 1.82) is 0 Å². The molecule has 0 N–H and O–H groups in total. The van der Waals surface area contributed by atoms with Crippen LogP contribution in [0.2, 0.25) is 0 Å². The van der Waals surface area contributed by atoms with Gasteiger partial charge in [0.15, 0.2) is 0 Å². The molecule has 0 atom stereocenters. The molecule has 8 heteroatoms. The number of esters is 2. The van der Waals surface area contributed by atoms with E-state index in [1.807, 2.05) is 0 Å². The van der Waals surface area contributed by atoms with E-state index in [0.717, 1.165) is 11.1 Å². The van der Waals surface area contributed by atoms with Crippen LogP contribution < -0.4 is 0 Å². The Morgan fingerprint density at radius 2 is 1.15 bits per heavy atom. The lowest BCUT2D eigenvalue weighted by Crippen LogP contribution is -2.17. The maximum atomic E-state index is 11.8. The summed E-state index contributed by atoms with van der Waals surface area (Å²) in [5.74, 6) is -1.04. The van der Waals surface area contributed by atoms with Crippen LogP contribution in [0.15, 0.2) is 48.3 Å². The average Bonchev–Trinajstić information content (AvgIpc) is 2.72. The monoisotopic (exact) mass is 362 g/mol. The van der Waals surface area contributed by atoms with E-state index < -0.39 is 11.9 Å². The zero-order valence-corrected chi connectivity index (χ0v) is 14.0. The van der Waals surface area contributed by atoms with Gasteiger partial charge in [-0.3, -0.25) is 0 Å². The minimum atomic E-state index is -0.578. The lowest BCUT2D eigenvalue weighted by atomic mass is 10.1. The number of hydrogen-bond acceptors (Lipinski definition) is 8. The van der Waals surface area contributed by atoms with E-state index in [4.69, 9.17) is 28.4 Å². The van der Waals surface area contributed by atoms with Gasteiger partial charge in [0.25, 0.3) is 0 Å². The van der Waals surface area contributed by atoms with Crippen molar-refractivity contribution in [2.24, 2.45) is 0 Å². The zero-order valence-electron chi connectivity index (χ0n) is 14.0. The molecule has 0 amide bonds. The van der Waals surface area contributed by atoms with Crippen LogP contribution in [-0.2, 0) is 51.2 Å². The Morgan fingerprint density at radius 3 is 1.50 bits per heavy atom. The van der Waals surface area contributed by atoms with E-state index in [9.17, 15) is 9.59 Å². The third-order valence-electron chi connectivity index (χ3n) is 3.46. The van der Waals surface area contributed by atoms with Gasteiger partial charge in [0.2, 0.25) is 11.5 Å². The average molecular weight is 362 g/mol. The fourth-order valence-electron chi connectivity index (χ4n) is 2.12. The third-order valence-corrected chi connectivity index (χ3v) is 3.46. The van der Waals surface area contributed by atoms with Gasteiger partial charge in [-0.05, 0) is 11.1 Å². The topological polar surface area (TPSA) is 89.5 Å². The maximum Gasteiger partial charge on any atom is 0.377 e. The Labute approximate surface area is 149 Å². The van der Waals surface area contributed by atoms with Gasteiger partial charge in [-0.1, -0.05) is 24.3 Å². The molecule has 2 heterocycles. The summed E-state index contributed by atoms with van der Waals surface area (Å²) in [5.41, 5.74) is 1.58. The number of carbonyl (C=O) groups excluding carboxylic acids is 2. The van der Waals surface area contributed by atoms with Crippen molar-refractivity contribution >= 4 is 11.9 Å². The third kappa shape index (κ3) is 4.92. The summed E-state index contributed by atoms with van der Waals surface area (Å²) >= 11 is 0. The van der Waals surface area contributed by atoms with Gasteiger partial charge in [-0.15, -0.1) is 0 Å². The molecule has 0 bridgehead atoms. The van der Waals surface area contributed by atoms with E-state index in [-0.39, 0.29) is 24.7 Å². The lowest BCUT2D eigenvalue weighted by Gasteiger charge is -2.15. The molecule has 8 nitrogen and oxygen atoms in total. The van der Waals surface area contributed by atoms with Gasteiger partial charge < -0.3 is 28.4 Å². The van der Waals surface area contributed by atoms with Gasteiger partial charge in [0.05, 0.1) is 0 Å². The number of benzene rings is 1. The molecule has 26 heavy (non-hydrogen) atoms. The molecule has 138 valence electrons. The summed E-state index contributed by atoms with van der Waals surface area (Å²) in [7, 11) is 0. The molecule has 0 saturated carbocycles. The molecular formula is C18H18O8. The summed E-state index contributed by atoms with van der Waals surface area (Å²) in [5, 5.41) is 0. The van der Waals surface area contributed by atoms with Crippen molar-refractivity contribution in [3.8, 4) is 0 Å². The second kappa shape index (κ2) is 8.80. The molecule has 1 aromatic carbocycles. The highest BCUT2D eigenvalue weighted by molar-refractivity contribution is 5.86. The van der Waals surface area contributed by atoms with Crippen LogP contribution in [0.3, 0.4) is 0 Å². The van der Waals surface area contributed by atoms with E-state index in [1.54, 1.807) is 24.3 Å². The highest BCUT2D eigenvalue weighted by Crippen LogP contribution is 2.12. The summed E-state index contributed by atoms with van der Waals surface area (Å²) in [6, 6.07) is 7.12. The minimum Gasteiger partial charge on any atom is -0.493 e. The van der Waals surface area contributed by atoms with E-state index in [1.165, 1.54) is 12.5 Å². The zero-order chi connectivity index (χ0) is 18.2. The Morgan fingerprint density at radius 1 is 0.731 bits per heavy atom. The SMILES string of the molecule is O=C(OCc1ccc(COC(=O)C2=COCCO2)cc1)C1=COCCO1. The Hall–Kier alpha value is -3.16. The molecule has 0 radical (unpaired) electrons. The highest BCUT2D eigenvalue weighted by Gasteiger charge is 2.17. The first-order chi connectivity index (χ1) is 12.7. The molecule has 0 aliphatic carbocycles. The van der Waals surface area contributed by atoms with Gasteiger partial charge in [-0.25, -0.2) is 9.59 Å². The number of carbonyl (C=O) groups is 2. The van der Waals surface area contributed by atoms with Gasteiger partial charge in [0.1, 0.15) is 52.2 Å². The van der Waals surface area contributed by atoms with Crippen LogP contribution in [0.1, 0.15) is 11.1 Å². The normalized spacial score (nSPS) is 15.8. The van der Waals surface area contributed by atoms with E-state index in [0.29, 0.717) is 26.4 Å². The van der Waals surface area contributed by atoms with E-state index in [2.05, 4.69) is 0 Å². The fourth-order valence-corrected chi connectivity index (χ4v) is 2.12. The largest absolute Gasteiger partial charge is 0.493 e. The van der Waals surface area contributed by atoms with Crippen molar-refractivity contribution in [1.82, 2.24) is 0 Å². The maximum absolute atomic E-state index is 11.8. The first-order valence-corrected chi connectivity index (χ1v) is 8.03. The van der Waals surface area contributed by atoms with Crippen LogP contribution in [0.4, 0.5) is 0 Å². The number of hydrogen-bond donors (Lipinski definition) is 0. The van der Waals surface area contributed by atoms with Gasteiger partial charge in [-0.2, -0.15) is 0 Å². The summed E-state index contributed by atoms with van der Waals surface area (Å²) in [6.07, 6.45) is 2.50. The number of rotatable bonds is 6. The quantitative estimate of drug-likeness (QED) is 0.704. The predicted octanol–water partition coefficient (Wildman–Crippen LogP) is 1.55. The highest BCUT2D eigenvalue weighted by atomic mass is 16.6. The Bertz CT molecular complexity index is 643. The Balaban J connectivity index is 1.44. The molecule has 0 spiro atoms. The van der Waals surface area contributed by atoms with Gasteiger partial charge in [0, 0.05) is 0 Å². The Kier molecular flexibility index (Phi) is 5.97. The fraction of sp³-hybridized carbons (Fsp3) is 0.333. The standard InChI is InChI=1S/C18H18O8/c19-17(15-11-21-5-7-23-15)25-9-13-1-2-14(4-3-13)10-26-18(20)16-12-22-6-8-24-16/h1-4,11-12H,5-10H2. The molecule has 0 unspecified atom stereocenters. The van der Waals surface area contributed by atoms with Crippen LogP contribution in [0.25, 0.3) is 0 Å². The lowest BCUT2D eigenvalue weighted by molar-refractivity contribution is -0.146. The first kappa shape index (κ1) is 17.7. The minimum absolute atomic E-state index is 0.0583. The van der Waals surface area contributed by atoms with Crippen molar-refractivity contribution < 1.29 is 38.0 Å². The summed E-state index contributed by atoms with van der Waals surface area (Å²) < 4.78 is 30.6. The van der Waals surface area contributed by atoms with Crippen molar-refractivity contribution in [3.63, 3.8) is 0 Å². The smallest absolute Gasteiger partial charge is 0.377 e. The van der Waals surface area contributed by atoms with Gasteiger partial charge >= 0.3 is 11.9 Å². The molecular weight excluding hydrogens is 344 g/mol. The summed E-state index contributed by atoms with van der Waals surface area (Å²) in [6.45, 7) is 1.67. The van der Waals surface area contributed by atoms with Crippen LogP contribution in [0, 0.1) is 0 Å². The first-order valence-electron chi connectivity index (χ1n) is 8.03. The molecule has 1 aromatic rings. The molecule has 2 aliphatic heterocycles. The van der Waals surface area contributed by atoms with Crippen molar-refractivity contribution in [2.75, 3.05) is 26.4 Å². The van der Waals surface area contributed by atoms with Crippen LogP contribution in [-0.4, -0.2) is 38.4 Å². The molecule has 0 saturated heterocycles. The second-order valence-electron chi connectivity index (χ2n) is 5.37. The summed E-state index contributed by atoms with van der Waals surface area (Å²) in [4.78, 5) is 23.6.